The maximum absolute atomic E-state index is 12.3. The van der Waals surface area contributed by atoms with Gasteiger partial charge in [0, 0.05) is 17.8 Å². The molecule has 4 rings (SSSR count). The predicted octanol–water partition coefficient (Wildman–Crippen LogP) is 4.54. The average molecular weight is 441 g/mol. The Morgan fingerprint density at radius 1 is 1.00 bits per heavy atom. The lowest BCUT2D eigenvalue weighted by atomic mass is 10.0. The summed E-state index contributed by atoms with van der Waals surface area (Å²) in [5, 5.41) is 9.00. The molecule has 1 atom stereocenters. The van der Waals surface area contributed by atoms with Crippen molar-refractivity contribution < 1.29 is 14.4 Å². The summed E-state index contributed by atoms with van der Waals surface area (Å²) < 4.78 is 5.65. The van der Waals surface area contributed by atoms with Crippen LogP contribution in [0.3, 0.4) is 0 Å². The number of amides is 1. The minimum absolute atomic E-state index is 0.115. The van der Waals surface area contributed by atoms with Crippen molar-refractivity contribution in [3.8, 4) is 11.6 Å². The van der Waals surface area contributed by atoms with Gasteiger partial charge in [-0.3, -0.25) is 4.79 Å². The van der Waals surface area contributed by atoms with Crippen LogP contribution in [0, 0.1) is 0 Å². The summed E-state index contributed by atoms with van der Waals surface area (Å²) in [7, 11) is 0. The van der Waals surface area contributed by atoms with Crippen LogP contribution in [0.15, 0.2) is 96.3 Å². The highest BCUT2D eigenvalue weighted by Crippen LogP contribution is 2.20. The number of benzene rings is 3. The number of rotatable bonds is 8. The van der Waals surface area contributed by atoms with Crippen molar-refractivity contribution in [2.75, 3.05) is 6.61 Å². The van der Waals surface area contributed by atoms with Gasteiger partial charge in [0.1, 0.15) is 5.75 Å². The van der Waals surface area contributed by atoms with E-state index >= 15 is 0 Å². The van der Waals surface area contributed by atoms with Crippen molar-refractivity contribution in [1.29, 1.82) is 0 Å². The smallest absolute Gasteiger partial charge is 0.261 e. The Bertz CT molecular complexity index is 1260. The van der Waals surface area contributed by atoms with Gasteiger partial charge < -0.3 is 20.6 Å². The number of hydrogen-bond acceptors (Lipinski definition) is 5. The van der Waals surface area contributed by atoms with Gasteiger partial charge in [0.05, 0.1) is 6.04 Å². The molecule has 166 valence electrons. The van der Waals surface area contributed by atoms with E-state index in [9.17, 15) is 4.79 Å². The van der Waals surface area contributed by atoms with Gasteiger partial charge in [-0.1, -0.05) is 59.8 Å². The Labute approximate surface area is 191 Å². The fourth-order valence-electron chi connectivity index (χ4n) is 3.26. The molecule has 0 aliphatic heterocycles. The van der Waals surface area contributed by atoms with Gasteiger partial charge in [0.25, 0.3) is 5.91 Å². The SMILES string of the molecule is CC(NC(=O)CO/N=C(/N)c1ccc(Oc2ccccc2)nc1)c1ccc2ccccc2c1. The van der Waals surface area contributed by atoms with Crippen LogP contribution in [0.5, 0.6) is 11.6 Å². The second-order valence-electron chi connectivity index (χ2n) is 7.45. The van der Waals surface area contributed by atoms with Crippen LogP contribution in [-0.4, -0.2) is 23.3 Å². The fourth-order valence-corrected chi connectivity index (χ4v) is 3.26. The van der Waals surface area contributed by atoms with Crippen molar-refractivity contribution in [2.45, 2.75) is 13.0 Å². The molecule has 4 aromatic rings. The Balaban J connectivity index is 1.28. The molecule has 3 aromatic carbocycles. The summed E-state index contributed by atoms with van der Waals surface area (Å²) in [6.07, 6.45) is 1.53. The van der Waals surface area contributed by atoms with E-state index in [1.54, 1.807) is 12.1 Å². The third kappa shape index (κ3) is 5.86. The van der Waals surface area contributed by atoms with Crippen LogP contribution in [0.4, 0.5) is 0 Å². The molecule has 0 aliphatic rings. The normalized spacial score (nSPS) is 12.2. The van der Waals surface area contributed by atoms with Gasteiger partial charge in [0.2, 0.25) is 5.88 Å². The first-order valence-electron chi connectivity index (χ1n) is 10.5. The van der Waals surface area contributed by atoms with Crippen LogP contribution in [-0.2, 0) is 9.63 Å². The van der Waals surface area contributed by atoms with Crippen LogP contribution >= 0.6 is 0 Å². The molecule has 1 aromatic heterocycles. The molecule has 3 N–H and O–H groups in total. The number of oxime groups is 1. The second kappa shape index (κ2) is 10.3. The number of hydrogen-bond donors (Lipinski definition) is 2. The van der Waals surface area contributed by atoms with E-state index in [1.807, 2.05) is 67.6 Å². The number of nitrogens with one attached hydrogen (secondary N) is 1. The lowest BCUT2D eigenvalue weighted by Gasteiger charge is -2.14. The van der Waals surface area contributed by atoms with E-state index in [1.165, 1.54) is 6.20 Å². The molecule has 1 heterocycles. The number of carbonyl (C=O) groups is 1. The Morgan fingerprint density at radius 2 is 1.76 bits per heavy atom. The minimum atomic E-state index is -0.294. The van der Waals surface area contributed by atoms with Gasteiger partial charge in [-0.25, -0.2) is 4.98 Å². The molecule has 1 amide bonds. The van der Waals surface area contributed by atoms with Crippen molar-refractivity contribution >= 4 is 22.5 Å². The molecule has 0 saturated heterocycles. The number of aromatic nitrogens is 1. The van der Waals surface area contributed by atoms with Crippen LogP contribution in [0.25, 0.3) is 10.8 Å². The van der Waals surface area contributed by atoms with Gasteiger partial charge in [0.15, 0.2) is 12.4 Å². The number of nitrogens with zero attached hydrogens (tertiary/aromatic N) is 2. The molecule has 1 unspecified atom stereocenters. The second-order valence-corrected chi connectivity index (χ2v) is 7.45. The lowest BCUT2D eigenvalue weighted by Crippen LogP contribution is -2.30. The topological polar surface area (TPSA) is 98.8 Å². The van der Waals surface area contributed by atoms with Crippen molar-refractivity contribution in [3.63, 3.8) is 0 Å². The molecule has 7 heteroatoms. The summed E-state index contributed by atoms with van der Waals surface area (Å²) in [4.78, 5) is 21.6. The summed E-state index contributed by atoms with van der Waals surface area (Å²) >= 11 is 0. The van der Waals surface area contributed by atoms with E-state index in [2.05, 4.69) is 27.6 Å². The summed E-state index contributed by atoms with van der Waals surface area (Å²) in [5.74, 6) is 0.938. The highest BCUT2D eigenvalue weighted by atomic mass is 16.6. The van der Waals surface area contributed by atoms with E-state index < -0.39 is 0 Å². The van der Waals surface area contributed by atoms with Gasteiger partial charge in [-0.05, 0) is 47.5 Å². The zero-order valence-corrected chi connectivity index (χ0v) is 18.1. The Morgan fingerprint density at radius 3 is 2.52 bits per heavy atom. The molecule has 0 bridgehead atoms. The first-order chi connectivity index (χ1) is 16.1. The van der Waals surface area contributed by atoms with E-state index in [0.29, 0.717) is 17.2 Å². The quantitative estimate of drug-likeness (QED) is 0.238. The number of amidine groups is 1. The third-order valence-corrected chi connectivity index (χ3v) is 5.01. The largest absolute Gasteiger partial charge is 0.439 e. The number of ether oxygens (including phenoxy) is 1. The maximum atomic E-state index is 12.3. The summed E-state index contributed by atoms with van der Waals surface area (Å²) in [6, 6.07) is 26.8. The minimum Gasteiger partial charge on any atom is -0.439 e. The number of fused-ring (bicyclic) bond motifs is 1. The van der Waals surface area contributed by atoms with Crippen LogP contribution in [0.1, 0.15) is 24.1 Å². The molecule has 0 saturated carbocycles. The molecule has 0 aliphatic carbocycles. The zero-order valence-electron chi connectivity index (χ0n) is 18.1. The first kappa shape index (κ1) is 21.8. The third-order valence-electron chi connectivity index (χ3n) is 5.01. The molecule has 33 heavy (non-hydrogen) atoms. The monoisotopic (exact) mass is 440 g/mol. The standard InChI is InChI=1S/C26H24N4O3/c1-18(20-12-11-19-7-5-6-8-21(19)15-20)29-24(31)17-32-30-26(27)22-13-14-25(28-16-22)33-23-9-3-2-4-10-23/h2-16,18H,17H2,1H3,(H2,27,30)(H,29,31). The number of nitrogens with two attached hydrogens (primary N) is 1. The number of pyridine rings is 1. The fraction of sp³-hybridized carbons (Fsp3) is 0.115. The summed E-state index contributed by atoms with van der Waals surface area (Å²) in [5.41, 5.74) is 7.51. The van der Waals surface area contributed by atoms with Crippen molar-refractivity contribution in [1.82, 2.24) is 10.3 Å². The molecular weight excluding hydrogens is 416 g/mol. The van der Waals surface area contributed by atoms with E-state index in [-0.39, 0.29) is 24.4 Å². The zero-order chi connectivity index (χ0) is 23.0. The van der Waals surface area contributed by atoms with Gasteiger partial charge >= 0.3 is 0 Å². The molecule has 0 radical (unpaired) electrons. The Hall–Kier alpha value is -4.39. The van der Waals surface area contributed by atoms with Gasteiger partial charge in [-0.2, -0.15) is 0 Å². The van der Waals surface area contributed by atoms with Crippen molar-refractivity contribution in [2.24, 2.45) is 10.9 Å². The predicted molar refractivity (Wildman–Crippen MR) is 128 cm³/mol. The average Bonchev–Trinajstić information content (AvgIpc) is 2.84. The lowest BCUT2D eigenvalue weighted by molar-refractivity contribution is -0.126. The number of para-hydroxylation sites is 1. The van der Waals surface area contributed by atoms with Crippen molar-refractivity contribution in [3.05, 3.63) is 102 Å². The first-order valence-corrected chi connectivity index (χ1v) is 10.5. The van der Waals surface area contributed by atoms with E-state index in [0.717, 1.165) is 16.3 Å². The Kier molecular flexibility index (Phi) is 6.80. The summed E-state index contributed by atoms with van der Waals surface area (Å²) in [6.45, 7) is 1.67. The van der Waals surface area contributed by atoms with Gasteiger partial charge in [-0.15, -0.1) is 0 Å². The molecular formula is C26H24N4O3. The highest BCUT2D eigenvalue weighted by Gasteiger charge is 2.11. The van der Waals surface area contributed by atoms with E-state index in [4.69, 9.17) is 15.3 Å². The maximum Gasteiger partial charge on any atom is 0.261 e. The highest BCUT2D eigenvalue weighted by molar-refractivity contribution is 5.96. The molecule has 7 nitrogen and oxygen atoms in total. The van der Waals surface area contributed by atoms with Crippen LogP contribution in [0.2, 0.25) is 0 Å². The van der Waals surface area contributed by atoms with Crippen LogP contribution < -0.4 is 15.8 Å². The molecule has 0 spiro atoms. The number of carbonyl (C=O) groups excluding carboxylic acids is 1. The molecule has 0 fully saturated rings.